The zero-order chi connectivity index (χ0) is 17.1. The number of hydrogen-bond donors (Lipinski definition) is 0. The van der Waals surface area contributed by atoms with Gasteiger partial charge in [-0.2, -0.15) is 5.10 Å². The molecular weight excluding hydrogens is 347 g/mol. The molecule has 0 atom stereocenters. The minimum absolute atomic E-state index is 0.0391. The number of nitrogens with zero attached hydrogens (tertiary/aromatic N) is 2. The van der Waals surface area contributed by atoms with Crippen LogP contribution in [0.4, 0.5) is 4.39 Å². The third kappa shape index (κ3) is 3.37. The van der Waals surface area contributed by atoms with Gasteiger partial charge in [-0.15, -0.1) is 11.8 Å². The molecule has 0 saturated heterocycles. The lowest BCUT2D eigenvalue weighted by molar-refractivity contribution is 0.602. The molecule has 0 radical (unpaired) electrons. The summed E-state index contributed by atoms with van der Waals surface area (Å²) in [5, 5.41) is 4.21. The quantitative estimate of drug-likeness (QED) is 0.644. The molecule has 3 aromatic rings. The Kier molecular flexibility index (Phi) is 5.02. The van der Waals surface area contributed by atoms with Gasteiger partial charge in [-0.05, 0) is 29.5 Å². The SMILES string of the molecule is CSc1ccc(-c2cnn(Cc3ccccc3)c(=O)c2Cl)cc1F. The van der Waals surface area contributed by atoms with Crippen LogP contribution in [0.5, 0.6) is 0 Å². The van der Waals surface area contributed by atoms with Crippen LogP contribution in [0.1, 0.15) is 5.56 Å². The van der Waals surface area contributed by atoms with Gasteiger partial charge in [0.2, 0.25) is 0 Å². The summed E-state index contributed by atoms with van der Waals surface area (Å²) >= 11 is 7.55. The molecule has 0 unspecified atom stereocenters. The zero-order valence-electron chi connectivity index (χ0n) is 12.9. The molecule has 2 aromatic carbocycles. The first-order valence-corrected chi connectivity index (χ1v) is 8.84. The fraction of sp³-hybridized carbons (Fsp3) is 0.111. The van der Waals surface area contributed by atoms with Gasteiger partial charge in [-0.25, -0.2) is 9.07 Å². The summed E-state index contributed by atoms with van der Waals surface area (Å²) in [6.07, 6.45) is 3.30. The van der Waals surface area contributed by atoms with E-state index in [1.807, 2.05) is 30.3 Å². The highest BCUT2D eigenvalue weighted by atomic mass is 35.5. The average Bonchev–Trinajstić information content (AvgIpc) is 2.60. The van der Waals surface area contributed by atoms with Crippen LogP contribution in [0.3, 0.4) is 0 Å². The first kappa shape index (κ1) is 16.7. The molecule has 3 nitrogen and oxygen atoms in total. The standard InChI is InChI=1S/C18H14ClFN2OS/c1-24-16-8-7-13(9-15(16)20)14-10-21-22(18(23)17(14)19)11-12-5-3-2-4-6-12/h2-10H,11H2,1H3. The van der Waals surface area contributed by atoms with E-state index in [0.717, 1.165) is 5.56 Å². The Bertz CT molecular complexity index is 928. The van der Waals surface area contributed by atoms with Crippen LogP contribution in [0.15, 0.2) is 64.4 Å². The lowest BCUT2D eigenvalue weighted by Gasteiger charge is -2.09. The Hall–Kier alpha value is -2.11. The van der Waals surface area contributed by atoms with Crippen molar-refractivity contribution in [3.8, 4) is 11.1 Å². The second-order valence-electron chi connectivity index (χ2n) is 5.17. The van der Waals surface area contributed by atoms with E-state index in [9.17, 15) is 9.18 Å². The molecule has 122 valence electrons. The van der Waals surface area contributed by atoms with E-state index >= 15 is 0 Å². The molecule has 0 aliphatic heterocycles. The van der Waals surface area contributed by atoms with Crippen molar-refractivity contribution in [1.82, 2.24) is 9.78 Å². The van der Waals surface area contributed by atoms with Gasteiger partial charge in [-0.3, -0.25) is 4.79 Å². The van der Waals surface area contributed by atoms with Crippen LogP contribution in [0.25, 0.3) is 11.1 Å². The van der Waals surface area contributed by atoms with Gasteiger partial charge >= 0.3 is 0 Å². The van der Waals surface area contributed by atoms with Crippen LogP contribution in [0, 0.1) is 5.82 Å². The number of hydrogen-bond acceptors (Lipinski definition) is 3. The van der Waals surface area contributed by atoms with Crippen LogP contribution in [0.2, 0.25) is 5.02 Å². The maximum atomic E-state index is 14.0. The molecule has 24 heavy (non-hydrogen) atoms. The van der Waals surface area contributed by atoms with E-state index in [1.54, 1.807) is 18.4 Å². The van der Waals surface area contributed by atoms with Crippen LogP contribution in [-0.4, -0.2) is 16.0 Å². The Morgan fingerprint density at radius 3 is 2.62 bits per heavy atom. The van der Waals surface area contributed by atoms with Crippen molar-refractivity contribution < 1.29 is 4.39 Å². The predicted octanol–water partition coefficient (Wildman–Crippen LogP) is 4.47. The normalized spacial score (nSPS) is 10.8. The second-order valence-corrected chi connectivity index (χ2v) is 6.40. The summed E-state index contributed by atoms with van der Waals surface area (Å²) in [6, 6.07) is 14.3. The van der Waals surface area contributed by atoms with E-state index in [2.05, 4.69) is 5.10 Å². The zero-order valence-corrected chi connectivity index (χ0v) is 14.4. The molecule has 0 amide bonds. The monoisotopic (exact) mass is 360 g/mol. The largest absolute Gasteiger partial charge is 0.286 e. The summed E-state index contributed by atoms with van der Waals surface area (Å²) in [5.74, 6) is -0.343. The van der Waals surface area contributed by atoms with Gasteiger partial charge in [0.05, 0.1) is 12.7 Å². The third-order valence-electron chi connectivity index (χ3n) is 3.62. The van der Waals surface area contributed by atoms with Crippen molar-refractivity contribution in [2.24, 2.45) is 0 Å². The first-order valence-electron chi connectivity index (χ1n) is 7.23. The highest BCUT2D eigenvalue weighted by Gasteiger charge is 2.13. The molecule has 6 heteroatoms. The van der Waals surface area contributed by atoms with Gasteiger partial charge < -0.3 is 0 Å². The Morgan fingerprint density at radius 2 is 1.96 bits per heavy atom. The van der Waals surface area contributed by atoms with Gasteiger partial charge in [0.15, 0.2) is 0 Å². The average molecular weight is 361 g/mol. The van der Waals surface area contributed by atoms with E-state index in [1.165, 1.54) is 28.7 Å². The summed E-state index contributed by atoms with van der Waals surface area (Å²) in [6.45, 7) is 0.333. The number of rotatable bonds is 4. The third-order valence-corrected chi connectivity index (χ3v) is 4.76. The fourth-order valence-corrected chi connectivity index (χ4v) is 3.08. The van der Waals surface area contributed by atoms with E-state index < -0.39 is 5.56 Å². The lowest BCUT2D eigenvalue weighted by Crippen LogP contribution is -2.24. The number of aromatic nitrogens is 2. The van der Waals surface area contributed by atoms with Gasteiger partial charge in [-0.1, -0.05) is 48.0 Å². The smallest absolute Gasteiger partial charge is 0.266 e. The van der Waals surface area contributed by atoms with Crippen molar-refractivity contribution in [3.05, 3.63) is 81.5 Å². The topological polar surface area (TPSA) is 34.9 Å². The Labute approximate surface area is 148 Å². The molecular formula is C18H14ClFN2OS. The van der Waals surface area contributed by atoms with Crippen molar-refractivity contribution in [2.45, 2.75) is 11.4 Å². The van der Waals surface area contributed by atoms with Crippen LogP contribution >= 0.6 is 23.4 Å². The van der Waals surface area contributed by atoms with Gasteiger partial charge in [0.25, 0.3) is 5.56 Å². The van der Waals surface area contributed by atoms with Crippen molar-refractivity contribution in [2.75, 3.05) is 6.26 Å². The minimum atomic E-state index is -0.396. The maximum absolute atomic E-state index is 14.0. The van der Waals surface area contributed by atoms with Crippen molar-refractivity contribution in [3.63, 3.8) is 0 Å². The minimum Gasteiger partial charge on any atom is -0.266 e. The molecule has 0 aliphatic carbocycles. The van der Waals surface area contributed by atoms with Crippen LogP contribution in [-0.2, 0) is 6.54 Å². The fourth-order valence-electron chi connectivity index (χ4n) is 2.37. The van der Waals surface area contributed by atoms with E-state index in [-0.39, 0.29) is 10.8 Å². The molecule has 0 saturated carbocycles. The predicted molar refractivity (Wildman–Crippen MR) is 96.2 cm³/mol. The molecule has 0 aliphatic rings. The summed E-state index contributed by atoms with van der Waals surface area (Å²) in [5.41, 5.74) is 1.52. The van der Waals surface area contributed by atoms with Gasteiger partial charge in [0.1, 0.15) is 10.8 Å². The number of halogens is 2. The second kappa shape index (κ2) is 7.20. The number of benzene rings is 2. The summed E-state index contributed by atoms with van der Waals surface area (Å²) in [4.78, 5) is 13.0. The molecule has 0 bridgehead atoms. The molecule has 0 fully saturated rings. The van der Waals surface area contributed by atoms with E-state index in [0.29, 0.717) is 22.6 Å². The summed E-state index contributed by atoms with van der Waals surface area (Å²) in [7, 11) is 0. The van der Waals surface area contributed by atoms with Crippen molar-refractivity contribution >= 4 is 23.4 Å². The van der Waals surface area contributed by atoms with Gasteiger partial charge in [0, 0.05) is 10.5 Å². The molecule has 1 heterocycles. The Morgan fingerprint density at radius 1 is 1.21 bits per heavy atom. The highest BCUT2D eigenvalue weighted by molar-refractivity contribution is 7.98. The maximum Gasteiger partial charge on any atom is 0.286 e. The van der Waals surface area contributed by atoms with E-state index in [4.69, 9.17) is 11.6 Å². The number of thioether (sulfide) groups is 1. The Balaban J connectivity index is 1.99. The molecule has 1 aromatic heterocycles. The molecule has 0 N–H and O–H groups in total. The summed E-state index contributed by atoms with van der Waals surface area (Å²) < 4.78 is 15.3. The van der Waals surface area contributed by atoms with Crippen LogP contribution < -0.4 is 5.56 Å². The first-order chi connectivity index (χ1) is 11.6. The highest BCUT2D eigenvalue weighted by Crippen LogP contribution is 2.28. The van der Waals surface area contributed by atoms with Crippen molar-refractivity contribution in [1.29, 1.82) is 0 Å². The molecule has 0 spiro atoms. The molecule has 3 rings (SSSR count). The lowest BCUT2D eigenvalue weighted by atomic mass is 10.1.